The monoisotopic (exact) mass is 322 g/mol. The van der Waals surface area contributed by atoms with E-state index >= 15 is 0 Å². The molecule has 0 atom stereocenters. The Hall–Kier alpha value is -0.780. The Bertz CT molecular complexity index is 374. The Morgan fingerprint density at radius 1 is 1.53 bits per heavy atom. The Labute approximate surface area is 115 Å². The lowest BCUT2D eigenvalue weighted by Gasteiger charge is -2.11. The van der Waals surface area contributed by atoms with Crippen LogP contribution in [0.3, 0.4) is 0 Å². The van der Waals surface area contributed by atoms with Gasteiger partial charge in [0.2, 0.25) is 5.91 Å². The van der Waals surface area contributed by atoms with Crippen LogP contribution in [0.5, 0.6) is 5.75 Å². The molecule has 1 aromatic rings. The number of carbonyl (C=O) groups is 1. The van der Waals surface area contributed by atoms with Crippen LogP contribution in [0.1, 0.15) is 13.3 Å². The van der Waals surface area contributed by atoms with E-state index in [1.165, 1.54) is 0 Å². The van der Waals surface area contributed by atoms with Crippen molar-refractivity contribution < 1.29 is 9.53 Å². The average molecular weight is 324 g/mol. The summed E-state index contributed by atoms with van der Waals surface area (Å²) in [6.07, 6.45) is 0.304. The lowest BCUT2D eigenvalue weighted by molar-refractivity contribution is -0.116. The fourth-order valence-corrected chi connectivity index (χ4v) is 1.59. The normalized spacial score (nSPS) is 9.35. The number of nitrogens with two attached hydrogens (primary N) is 1. The lowest BCUT2D eigenvalue weighted by atomic mass is 10.2. The van der Waals surface area contributed by atoms with E-state index in [1.807, 2.05) is 19.1 Å². The number of nitrogens with one attached hydrogen (secondary N) is 1. The number of carbonyl (C=O) groups excluding carboxylic acids is 1. The highest BCUT2D eigenvalue weighted by atomic mass is 79.9. The van der Waals surface area contributed by atoms with Crippen LogP contribution < -0.4 is 15.8 Å². The number of rotatable bonds is 5. The highest BCUT2D eigenvalue weighted by Crippen LogP contribution is 2.28. The molecule has 0 aliphatic heterocycles. The zero-order valence-corrected chi connectivity index (χ0v) is 11.9. The number of benzene rings is 1. The first-order valence-electron chi connectivity index (χ1n) is 5.09. The molecular weight excluding hydrogens is 307 g/mol. The zero-order chi connectivity index (χ0) is 12.0. The number of hydrogen-bond acceptors (Lipinski definition) is 3. The molecule has 17 heavy (non-hydrogen) atoms. The van der Waals surface area contributed by atoms with Crippen LogP contribution in [-0.4, -0.2) is 19.1 Å². The van der Waals surface area contributed by atoms with Crippen LogP contribution in [-0.2, 0) is 4.79 Å². The van der Waals surface area contributed by atoms with Crippen LogP contribution in [0.2, 0.25) is 0 Å². The molecule has 0 radical (unpaired) electrons. The largest absolute Gasteiger partial charge is 0.492 e. The summed E-state index contributed by atoms with van der Waals surface area (Å²) in [5.41, 5.74) is 5.97. The van der Waals surface area contributed by atoms with Crippen LogP contribution in [0, 0.1) is 0 Å². The van der Waals surface area contributed by atoms with Crippen LogP contribution in [0.4, 0.5) is 5.69 Å². The van der Waals surface area contributed by atoms with Crippen molar-refractivity contribution in [3.05, 3.63) is 22.7 Å². The molecule has 3 N–H and O–H groups in total. The number of hydrogen-bond donors (Lipinski definition) is 2. The molecule has 0 saturated carbocycles. The summed E-state index contributed by atoms with van der Waals surface area (Å²) in [4.78, 5) is 11.4. The third-order valence-electron chi connectivity index (χ3n) is 1.89. The minimum absolute atomic E-state index is 0. The first kappa shape index (κ1) is 16.2. The first-order valence-corrected chi connectivity index (χ1v) is 5.89. The van der Waals surface area contributed by atoms with E-state index in [0.717, 1.165) is 4.47 Å². The molecule has 0 aliphatic rings. The third-order valence-corrected chi connectivity index (χ3v) is 2.38. The summed E-state index contributed by atoms with van der Waals surface area (Å²) in [5, 5.41) is 2.76. The van der Waals surface area contributed by atoms with Crippen LogP contribution in [0.15, 0.2) is 22.7 Å². The van der Waals surface area contributed by atoms with Crippen molar-refractivity contribution in [3.63, 3.8) is 0 Å². The summed E-state index contributed by atoms with van der Waals surface area (Å²) < 4.78 is 6.29. The molecule has 1 rings (SSSR count). The highest BCUT2D eigenvalue weighted by molar-refractivity contribution is 9.10. The second-order valence-corrected chi connectivity index (χ2v) is 4.08. The van der Waals surface area contributed by atoms with Crippen molar-refractivity contribution in [2.24, 2.45) is 5.73 Å². The molecule has 96 valence electrons. The van der Waals surface area contributed by atoms with Gasteiger partial charge in [-0.15, -0.1) is 12.4 Å². The van der Waals surface area contributed by atoms with Crippen molar-refractivity contribution in [2.45, 2.75) is 13.3 Å². The fourth-order valence-electron chi connectivity index (χ4n) is 1.23. The number of amides is 1. The lowest BCUT2D eigenvalue weighted by Crippen LogP contribution is -2.16. The Morgan fingerprint density at radius 2 is 2.24 bits per heavy atom. The van der Waals surface area contributed by atoms with E-state index in [1.54, 1.807) is 6.07 Å². The summed E-state index contributed by atoms with van der Waals surface area (Å²) >= 11 is 3.34. The maximum Gasteiger partial charge on any atom is 0.225 e. The van der Waals surface area contributed by atoms with Gasteiger partial charge in [-0.05, 0) is 25.1 Å². The van der Waals surface area contributed by atoms with Gasteiger partial charge in [0.05, 0.1) is 12.3 Å². The van der Waals surface area contributed by atoms with Gasteiger partial charge in [-0.2, -0.15) is 0 Å². The summed E-state index contributed by atoms with van der Waals surface area (Å²) in [6.45, 7) is 2.79. The molecule has 1 amide bonds. The molecule has 0 saturated heterocycles. The predicted octanol–water partition coefficient (Wildman–Crippen LogP) is 2.56. The molecule has 0 aliphatic carbocycles. The smallest absolute Gasteiger partial charge is 0.225 e. The maximum atomic E-state index is 11.4. The first-order chi connectivity index (χ1) is 7.67. The fraction of sp³-hybridized carbons (Fsp3) is 0.364. The van der Waals surface area contributed by atoms with E-state index in [-0.39, 0.29) is 18.3 Å². The van der Waals surface area contributed by atoms with Gasteiger partial charge in [0.15, 0.2) is 0 Å². The average Bonchev–Trinajstić information content (AvgIpc) is 2.22. The van der Waals surface area contributed by atoms with Gasteiger partial charge in [-0.1, -0.05) is 15.9 Å². The van der Waals surface area contributed by atoms with Crippen molar-refractivity contribution in [3.8, 4) is 5.75 Å². The van der Waals surface area contributed by atoms with Gasteiger partial charge in [-0.25, -0.2) is 0 Å². The van der Waals surface area contributed by atoms with E-state index < -0.39 is 0 Å². The second kappa shape index (κ2) is 8.33. The zero-order valence-electron chi connectivity index (χ0n) is 9.53. The topological polar surface area (TPSA) is 64.3 Å². The molecule has 0 spiro atoms. The minimum atomic E-state index is -0.110. The summed E-state index contributed by atoms with van der Waals surface area (Å²) in [6, 6.07) is 5.48. The number of anilines is 1. The Balaban J connectivity index is 0.00000256. The number of halogens is 2. The van der Waals surface area contributed by atoms with Crippen molar-refractivity contribution in [1.29, 1.82) is 0 Å². The molecule has 6 heteroatoms. The predicted molar refractivity (Wildman–Crippen MR) is 74.9 cm³/mol. The molecule has 0 heterocycles. The van der Waals surface area contributed by atoms with Crippen molar-refractivity contribution >= 4 is 39.9 Å². The molecule has 0 bridgehead atoms. The molecule has 0 fully saturated rings. The van der Waals surface area contributed by atoms with E-state index in [4.69, 9.17) is 10.5 Å². The molecule has 0 aromatic heterocycles. The maximum absolute atomic E-state index is 11.4. The van der Waals surface area contributed by atoms with E-state index in [9.17, 15) is 4.79 Å². The van der Waals surface area contributed by atoms with E-state index in [2.05, 4.69) is 21.2 Å². The van der Waals surface area contributed by atoms with Crippen molar-refractivity contribution in [1.82, 2.24) is 0 Å². The molecule has 4 nitrogen and oxygen atoms in total. The van der Waals surface area contributed by atoms with Crippen LogP contribution in [0.25, 0.3) is 0 Å². The summed E-state index contributed by atoms with van der Waals surface area (Å²) in [5.74, 6) is 0.553. The Kier molecular flexibility index (Phi) is 7.95. The quantitative estimate of drug-likeness (QED) is 0.875. The van der Waals surface area contributed by atoms with Gasteiger partial charge in [0.1, 0.15) is 5.75 Å². The summed E-state index contributed by atoms with van der Waals surface area (Å²) in [7, 11) is 0. The molecular formula is C11H16BrClN2O2. The SMILES string of the molecule is CCOc1ccc(Br)cc1NC(=O)CCN.Cl. The highest BCUT2D eigenvalue weighted by Gasteiger charge is 2.07. The van der Waals surface area contributed by atoms with Crippen molar-refractivity contribution in [2.75, 3.05) is 18.5 Å². The standard InChI is InChI=1S/C11H15BrN2O2.ClH/c1-2-16-10-4-3-8(12)7-9(10)14-11(15)5-6-13;/h3-4,7H,2,5-6,13H2,1H3,(H,14,15);1H. The van der Waals surface area contributed by atoms with Gasteiger partial charge in [0, 0.05) is 17.4 Å². The van der Waals surface area contributed by atoms with Crippen LogP contribution >= 0.6 is 28.3 Å². The van der Waals surface area contributed by atoms with Gasteiger partial charge in [0.25, 0.3) is 0 Å². The minimum Gasteiger partial charge on any atom is -0.492 e. The molecule has 0 unspecified atom stereocenters. The van der Waals surface area contributed by atoms with E-state index in [0.29, 0.717) is 31.0 Å². The van der Waals surface area contributed by atoms with Gasteiger partial charge >= 0.3 is 0 Å². The van der Waals surface area contributed by atoms with Gasteiger partial charge in [-0.3, -0.25) is 4.79 Å². The third kappa shape index (κ3) is 5.39. The molecule has 1 aromatic carbocycles. The number of ether oxygens (including phenoxy) is 1. The Morgan fingerprint density at radius 3 is 2.82 bits per heavy atom. The second-order valence-electron chi connectivity index (χ2n) is 3.16. The van der Waals surface area contributed by atoms with Gasteiger partial charge < -0.3 is 15.8 Å².